The third kappa shape index (κ3) is 2.18. The maximum atomic E-state index is 9.35. The second kappa shape index (κ2) is 4.45. The maximum Gasteiger partial charge on any atom is 0.0860 e. The molecule has 2 nitrogen and oxygen atoms in total. The van der Waals surface area contributed by atoms with Crippen LogP contribution < -0.4 is 0 Å². The van der Waals surface area contributed by atoms with Gasteiger partial charge in [0.2, 0.25) is 0 Å². The van der Waals surface area contributed by atoms with Gasteiger partial charge in [-0.05, 0) is 30.8 Å². The molecule has 14 heavy (non-hydrogen) atoms. The van der Waals surface area contributed by atoms with Crippen LogP contribution >= 0.6 is 0 Å². The summed E-state index contributed by atoms with van der Waals surface area (Å²) >= 11 is 0. The number of aliphatic hydroxyl groups excluding tert-OH is 1. The minimum atomic E-state index is 0.103. The van der Waals surface area contributed by atoms with Gasteiger partial charge >= 0.3 is 0 Å². The lowest BCUT2D eigenvalue weighted by atomic mass is 9.78. The van der Waals surface area contributed by atoms with E-state index in [9.17, 15) is 5.11 Å². The molecule has 0 aromatic carbocycles. The molecule has 0 fully saturated rings. The van der Waals surface area contributed by atoms with Crippen LogP contribution in [0.15, 0.2) is 11.1 Å². The monoisotopic (exact) mass is 198 g/mol. The molecule has 1 rings (SSSR count). The second-order valence-electron chi connectivity index (χ2n) is 4.81. The van der Waals surface area contributed by atoms with Crippen molar-refractivity contribution in [1.82, 2.24) is 0 Å². The fourth-order valence-corrected chi connectivity index (χ4v) is 1.92. The van der Waals surface area contributed by atoms with Crippen LogP contribution in [0.4, 0.5) is 0 Å². The Balaban J connectivity index is 2.93. The van der Waals surface area contributed by atoms with Gasteiger partial charge in [0.15, 0.2) is 0 Å². The molecular weight excluding hydrogens is 176 g/mol. The van der Waals surface area contributed by atoms with Gasteiger partial charge in [-0.15, -0.1) is 0 Å². The fourth-order valence-electron chi connectivity index (χ4n) is 1.92. The van der Waals surface area contributed by atoms with E-state index in [1.54, 1.807) is 0 Å². The topological polar surface area (TPSA) is 29.5 Å². The first kappa shape index (κ1) is 11.7. The van der Waals surface area contributed by atoms with E-state index in [0.29, 0.717) is 0 Å². The first-order valence-corrected chi connectivity index (χ1v) is 5.44. The molecular formula is C12H22O2. The molecule has 0 radical (unpaired) electrons. The lowest BCUT2D eigenvalue weighted by Gasteiger charge is -2.38. The minimum Gasteiger partial charge on any atom is -0.392 e. The molecule has 0 aromatic heterocycles. The molecule has 1 aliphatic heterocycles. The normalized spacial score (nSPS) is 24.2. The predicted octanol–water partition coefficient (Wildman–Crippen LogP) is 2.52. The van der Waals surface area contributed by atoms with Gasteiger partial charge < -0.3 is 9.84 Å². The zero-order chi connectivity index (χ0) is 10.8. The number of aliphatic hydroxyl groups is 1. The average molecular weight is 198 g/mol. The Morgan fingerprint density at radius 1 is 1.50 bits per heavy atom. The van der Waals surface area contributed by atoms with Crippen LogP contribution in [0.2, 0.25) is 0 Å². The van der Waals surface area contributed by atoms with Crippen molar-refractivity contribution < 1.29 is 9.84 Å². The molecule has 0 spiro atoms. The zero-order valence-electron chi connectivity index (χ0n) is 9.76. The highest BCUT2D eigenvalue weighted by Crippen LogP contribution is 2.36. The molecule has 1 N–H and O–H groups in total. The SMILES string of the molecule is CCC(C)(C)C1OCCC(C)=C1CO. The highest BCUT2D eigenvalue weighted by molar-refractivity contribution is 5.22. The van der Waals surface area contributed by atoms with Crippen molar-refractivity contribution in [3.05, 3.63) is 11.1 Å². The highest BCUT2D eigenvalue weighted by atomic mass is 16.5. The van der Waals surface area contributed by atoms with Crippen LogP contribution in [0, 0.1) is 5.41 Å². The summed E-state index contributed by atoms with van der Waals surface area (Å²) in [6.07, 6.45) is 2.13. The molecule has 1 atom stereocenters. The molecule has 0 saturated heterocycles. The van der Waals surface area contributed by atoms with Gasteiger partial charge in [0, 0.05) is 0 Å². The fraction of sp³-hybridized carbons (Fsp3) is 0.833. The van der Waals surface area contributed by atoms with Crippen LogP contribution in [0.5, 0.6) is 0 Å². The third-order valence-electron chi connectivity index (χ3n) is 3.42. The minimum absolute atomic E-state index is 0.103. The van der Waals surface area contributed by atoms with Gasteiger partial charge in [0.1, 0.15) is 0 Å². The van der Waals surface area contributed by atoms with Crippen molar-refractivity contribution in [2.75, 3.05) is 13.2 Å². The quantitative estimate of drug-likeness (QED) is 0.706. The number of hydrogen-bond donors (Lipinski definition) is 1. The van der Waals surface area contributed by atoms with Crippen molar-refractivity contribution in [3.8, 4) is 0 Å². The first-order valence-electron chi connectivity index (χ1n) is 5.44. The van der Waals surface area contributed by atoms with E-state index in [0.717, 1.165) is 25.0 Å². The van der Waals surface area contributed by atoms with Gasteiger partial charge in [-0.3, -0.25) is 0 Å². The van der Waals surface area contributed by atoms with Crippen LogP contribution in [-0.4, -0.2) is 24.4 Å². The first-order chi connectivity index (χ1) is 6.53. The Morgan fingerprint density at radius 3 is 2.64 bits per heavy atom. The molecule has 82 valence electrons. The Kier molecular flexibility index (Phi) is 3.73. The summed E-state index contributed by atoms with van der Waals surface area (Å²) in [7, 11) is 0. The summed E-state index contributed by atoms with van der Waals surface area (Å²) in [4.78, 5) is 0. The molecule has 0 bridgehead atoms. The summed E-state index contributed by atoms with van der Waals surface area (Å²) < 4.78 is 5.79. The Labute approximate surface area is 87.0 Å². The van der Waals surface area contributed by atoms with E-state index in [1.807, 2.05) is 0 Å². The standard InChI is InChI=1S/C12H22O2/c1-5-12(3,4)11-10(8-13)9(2)6-7-14-11/h11,13H,5-8H2,1-4H3. The highest BCUT2D eigenvalue weighted by Gasteiger charge is 2.34. The maximum absolute atomic E-state index is 9.35. The van der Waals surface area contributed by atoms with Crippen molar-refractivity contribution >= 4 is 0 Å². The molecule has 1 heterocycles. The van der Waals surface area contributed by atoms with Gasteiger partial charge in [-0.25, -0.2) is 0 Å². The molecule has 0 saturated carbocycles. The van der Waals surface area contributed by atoms with E-state index in [4.69, 9.17) is 4.74 Å². The van der Waals surface area contributed by atoms with Crippen molar-refractivity contribution in [2.45, 2.75) is 46.6 Å². The van der Waals surface area contributed by atoms with Gasteiger partial charge in [-0.2, -0.15) is 0 Å². The van der Waals surface area contributed by atoms with E-state index < -0.39 is 0 Å². The van der Waals surface area contributed by atoms with Crippen molar-refractivity contribution in [1.29, 1.82) is 0 Å². The number of hydrogen-bond acceptors (Lipinski definition) is 2. The molecule has 0 aromatic rings. The van der Waals surface area contributed by atoms with Gasteiger partial charge in [-0.1, -0.05) is 26.3 Å². The summed E-state index contributed by atoms with van der Waals surface area (Å²) in [5, 5.41) is 9.35. The summed E-state index contributed by atoms with van der Waals surface area (Å²) in [6.45, 7) is 9.61. The Bertz CT molecular complexity index is 228. The molecule has 1 aliphatic rings. The number of rotatable bonds is 3. The van der Waals surface area contributed by atoms with E-state index >= 15 is 0 Å². The van der Waals surface area contributed by atoms with E-state index in [1.165, 1.54) is 5.57 Å². The second-order valence-corrected chi connectivity index (χ2v) is 4.81. The zero-order valence-corrected chi connectivity index (χ0v) is 9.76. The summed E-state index contributed by atoms with van der Waals surface area (Å²) in [6, 6.07) is 0. The Morgan fingerprint density at radius 2 is 2.14 bits per heavy atom. The van der Waals surface area contributed by atoms with Crippen LogP contribution in [-0.2, 0) is 4.74 Å². The van der Waals surface area contributed by atoms with Gasteiger partial charge in [0.05, 0.1) is 19.3 Å². The lowest BCUT2D eigenvalue weighted by Crippen LogP contribution is -2.37. The van der Waals surface area contributed by atoms with E-state index in [2.05, 4.69) is 27.7 Å². The summed E-state index contributed by atoms with van der Waals surface area (Å²) in [5.74, 6) is 0. The van der Waals surface area contributed by atoms with Crippen LogP contribution in [0.1, 0.15) is 40.5 Å². The van der Waals surface area contributed by atoms with Crippen LogP contribution in [0.3, 0.4) is 0 Å². The Hall–Kier alpha value is -0.340. The molecule has 1 unspecified atom stereocenters. The molecule has 2 heteroatoms. The van der Waals surface area contributed by atoms with E-state index in [-0.39, 0.29) is 18.1 Å². The average Bonchev–Trinajstić information content (AvgIpc) is 2.17. The van der Waals surface area contributed by atoms with Gasteiger partial charge in [0.25, 0.3) is 0 Å². The third-order valence-corrected chi connectivity index (χ3v) is 3.42. The van der Waals surface area contributed by atoms with Crippen molar-refractivity contribution in [2.24, 2.45) is 5.41 Å². The predicted molar refractivity (Wildman–Crippen MR) is 58.2 cm³/mol. The number of ether oxygens (including phenoxy) is 1. The van der Waals surface area contributed by atoms with Crippen molar-refractivity contribution in [3.63, 3.8) is 0 Å². The van der Waals surface area contributed by atoms with Crippen LogP contribution in [0.25, 0.3) is 0 Å². The summed E-state index contributed by atoms with van der Waals surface area (Å²) in [5.41, 5.74) is 2.54. The molecule has 0 amide bonds. The lowest BCUT2D eigenvalue weighted by molar-refractivity contribution is -0.0174. The smallest absolute Gasteiger partial charge is 0.0860 e. The molecule has 0 aliphatic carbocycles. The largest absolute Gasteiger partial charge is 0.392 e.